The van der Waals surface area contributed by atoms with E-state index in [4.69, 9.17) is 5.73 Å². The number of carbonyl (C=O) groups excluding carboxylic acids is 2. The molecule has 9 nitrogen and oxygen atoms in total. The molecule has 0 aliphatic heterocycles. The van der Waals surface area contributed by atoms with Gasteiger partial charge in [-0.2, -0.15) is 5.10 Å². The third-order valence-corrected chi connectivity index (χ3v) is 2.98. The Balaban J connectivity index is 1.80. The molecule has 3 N–H and O–H groups in total. The molecule has 0 bridgehead atoms. The topological polar surface area (TPSA) is 129 Å². The summed E-state index contributed by atoms with van der Waals surface area (Å²) in [4.78, 5) is 27.3. The average Bonchev–Trinajstić information content (AvgIpc) is 3.10. The highest BCUT2D eigenvalue weighted by atomic mass is 16.2. The van der Waals surface area contributed by atoms with Gasteiger partial charge in [0.2, 0.25) is 0 Å². The number of nitrogens with two attached hydrogens (primary N) is 1. The van der Waals surface area contributed by atoms with Crippen molar-refractivity contribution in [3.05, 3.63) is 60.3 Å². The van der Waals surface area contributed by atoms with Crippen LogP contribution in [0.1, 0.15) is 20.8 Å². The molecule has 0 saturated heterocycles. The summed E-state index contributed by atoms with van der Waals surface area (Å²) in [5, 5.41) is 14.2. The predicted octanol–water partition coefficient (Wildman–Crippen LogP) is 0.408. The Morgan fingerprint density at radius 3 is 2.57 bits per heavy atom. The summed E-state index contributed by atoms with van der Waals surface area (Å²) < 4.78 is 1.41. The third-order valence-electron chi connectivity index (χ3n) is 2.98. The second-order valence-electron chi connectivity index (χ2n) is 4.48. The van der Waals surface area contributed by atoms with Gasteiger partial charge in [0.1, 0.15) is 12.7 Å². The summed E-state index contributed by atoms with van der Waals surface area (Å²) in [7, 11) is 0. The highest BCUT2D eigenvalue weighted by Gasteiger charge is 2.13. The molecule has 0 fully saturated rings. The molecule has 2 heterocycles. The van der Waals surface area contributed by atoms with Crippen molar-refractivity contribution >= 4 is 17.5 Å². The molecule has 0 aliphatic carbocycles. The largest absolute Gasteiger partial charge is 0.366 e. The van der Waals surface area contributed by atoms with E-state index >= 15 is 0 Å². The van der Waals surface area contributed by atoms with Crippen LogP contribution in [0.2, 0.25) is 0 Å². The Morgan fingerprint density at radius 1 is 1.09 bits per heavy atom. The lowest BCUT2D eigenvalue weighted by Gasteiger charge is -2.08. The van der Waals surface area contributed by atoms with Crippen LogP contribution in [0.5, 0.6) is 0 Å². The number of rotatable bonds is 4. The van der Waals surface area contributed by atoms with Gasteiger partial charge in [-0.1, -0.05) is 12.1 Å². The summed E-state index contributed by atoms with van der Waals surface area (Å²) >= 11 is 0. The summed E-state index contributed by atoms with van der Waals surface area (Å²) in [6.07, 6.45) is 2.83. The van der Waals surface area contributed by atoms with E-state index in [0.717, 1.165) is 0 Å². The number of nitrogens with zero attached hydrogens (tertiary/aromatic N) is 5. The van der Waals surface area contributed by atoms with Crippen LogP contribution in [0, 0.1) is 0 Å². The summed E-state index contributed by atoms with van der Waals surface area (Å²) in [6.45, 7) is 0. The van der Waals surface area contributed by atoms with E-state index < -0.39 is 11.8 Å². The molecule has 0 unspecified atom stereocenters. The Morgan fingerprint density at radius 2 is 1.91 bits per heavy atom. The maximum atomic E-state index is 12.2. The van der Waals surface area contributed by atoms with E-state index in [1.165, 1.54) is 29.5 Å². The van der Waals surface area contributed by atoms with E-state index in [0.29, 0.717) is 11.5 Å². The first-order valence-corrected chi connectivity index (χ1v) is 6.54. The van der Waals surface area contributed by atoms with Gasteiger partial charge in [0.25, 0.3) is 11.8 Å². The number of benzene rings is 1. The van der Waals surface area contributed by atoms with Crippen LogP contribution in [-0.2, 0) is 0 Å². The Bertz CT molecular complexity index is 844. The fraction of sp³-hybridized carbons (Fsp3) is 0. The van der Waals surface area contributed by atoms with Gasteiger partial charge in [0.15, 0.2) is 11.5 Å². The van der Waals surface area contributed by atoms with Crippen LogP contribution in [0.4, 0.5) is 5.69 Å². The van der Waals surface area contributed by atoms with Gasteiger partial charge in [0.05, 0.1) is 11.3 Å². The third kappa shape index (κ3) is 3.02. The van der Waals surface area contributed by atoms with Gasteiger partial charge < -0.3 is 11.1 Å². The van der Waals surface area contributed by atoms with Gasteiger partial charge in [-0.3, -0.25) is 9.59 Å². The highest BCUT2D eigenvalue weighted by molar-refractivity contribution is 6.07. The molecular formula is C14H11N7O2. The fourth-order valence-corrected chi connectivity index (χ4v) is 1.89. The SMILES string of the molecule is NC(=O)c1ccccc1NC(=O)c1ccc(-n2cncn2)nn1. The first-order valence-electron chi connectivity index (χ1n) is 6.54. The molecule has 2 aromatic heterocycles. The standard InChI is InChI=1S/C14H11N7O2/c15-13(22)9-3-1-2-4-10(9)18-14(23)11-5-6-12(20-19-11)21-8-16-7-17-21/h1-8H,(H2,15,22)(H,18,23). The second-order valence-corrected chi connectivity index (χ2v) is 4.48. The number of primary amides is 1. The van der Waals surface area contributed by atoms with Crippen molar-refractivity contribution in [3.63, 3.8) is 0 Å². The van der Waals surface area contributed by atoms with Crippen molar-refractivity contribution in [3.8, 4) is 5.82 Å². The zero-order valence-electron chi connectivity index (χ0n) is 11.7. The molecule has 0 aliphatic rings. The van der Waals surface area contributed by atoms with E-state index in [1.807, 2.05) is 0 Å². The van der Waals surface area contributed by atoms with E-state index in [-0.39, 0.29) is 11.3 Å². The van der Waals surface area contributed by atoms with Crippen LogP contribution >= 0.6 is 0 Å². The molecule has 23 heavy (non-hydrogen) atoms. The smallest absolute Gasteiger partial charge is 0.276 e. The molecule has 0 saturated carbocycles. The molecule has 3 rings (SSSR count). The van der Waals surface area contributed by atoms with Crippen molar-refractivity contribution in [2.24, 2.45) is 5.73 Å². The summed E-state index contributed by atoms with van der Waals surface area (Å²) in [5.74, 6) is -0.707. The van der Waals surface area contributed by atoms with Crippen LogP contribution in [0.3, 0.4) is 0 Å². The maximum Gasteiger partial charge on any atom is 0.276 e. The first-order chi connectivity index (χ1) is 11.1. The maximum absolute atomic E-state index is 12.2. The predicted molar refractivity (Wildman–Crippen MR) is 79.9 cm³/mol. The zero-order chi connectivity index (χ0) is 16.2. The number of anilines is 1. The van der Waals surface area contributed by atoms with Crippen molar-refractivity contribution in [2.75, 3.05) is 5.32 Å². The quantitative estimate of drug-likeness (QED) is 0.718. The zero-order valence-corrected chi connectivity index (χ0v) is 11.7. The summed E-state index contributed by atoms with van der Waals surface area (Å²) in [5.41, 5.74) is 5.89. The number of hydrogen-bond donors (Lipinski definition) is 2. The number of amides is 2. The van der Waals surface area contributed by atoms with Crippen LogP contribution in [0.25, 0.3) is 5.82 Å². The molecule has 0 atom stereocenters. The van der Waals surface area contributed by atoms with E-state index in [9.17, 15) is 9.59 Å². The summed E-state index contributed by atoms with van der Waals surface area (Å²) in [6, 6.07) is 9.51. The first kappa shape index (κ1) is 14.3. The second kappa shape index (κ2) is 6.02. The van der Waals surface area contributed by atoms with Crippen LogP contribution in [-0.4, -0.2) is 36.8 Å². The molecule has 2 amide bonds. The number of para-hydroxylation sites is 1. The van der Waals surface area contributed by atoms with Gasteiger partial charge in [-0.25, -0.2) is 9.67 Å². The highest BCUT2D eigenvalue weighted by Crippen LogP contribution is 2.15. The van der Waals surface area contributed by atoms with Gasteiger partial charge >= 0.3 is 0 Å². The van der Waals surface area contributed by atoms with Gasteiger partial charge in [-0.05, 0) is 24.3 Å². The van der Waals surface area contributed by atoms with Crippen LogP contribution < -0.4 is 11.1 Å². The number of hydrogen-bond acceptors (Lipinski definition) is 6. The minimum atomic E-state index is -0.631. The molecule has 114 valence electrons. The average molecular weight is 309 g/mol. The molecule has 0 radical (unpaired) electrons. The number of carbonyl (C=O) groups is 2. The number of aromatic nitrogens is 5. The minimum absolute atomic E-state index is 0.0909. The fourth-order valence-electron chi connectivity index (χ4n) is 1.89. The van der Waals surface area contributed by atoms with Crippen molar-refractivity contribution in [1.29, 1.82) is 0 Å². The minimum Gasteiger partial charge on any atom is -0.366 e. The number of nitrogens with one attached hydrogen (secondary N) is 1. The van der Waals surface area contributed by atoms with Crippen molar-refractivity contribution < 1.29 is 9.59 Å². The van der Waals surface area contributed by atoms with E-state index in [2.05, 4.69) is 25.6 Å². The molecule has 0 spiro atoms. The Labute approximate surface area is 130 Å². The van der Waals surface area contributed by atoms with E-state index in [1.54, 1.807) is 24.3 Å². The molecule has 3 aromatic rings. The lowest BCUT2D eigenvalue weighted by molar-refractivity contribution is 0.100. The molecule has 9 heteroatoms. The molecular weight excluding hydrogens is 298 g/mol. The van der Waals surface area contributed by atoms with Crippen molar-refractivity contribution in [2.45, 2.75) is 0 Å². The van der Waals surface area contributed by atoms with Gasteiger partial charge in [0, 0.05) is 0 Å². The molecule has 1 aromatic carbocycles. The van der Waals surface area contributed by atoms with Crippen molar-refractivity contribution in [1.82, 2.24) is 25.0 Å². The lowest BCUT2D eigenvalue weighted by Crippen LogP contribution is -2.19. The Hall–Kier alpha value is -3.62. The van der Waals surface area contributed by atoms with Crippen LogP contribution in [0.15, 0.2) is 49.1 Å². The Kier molecular flexibility index (Phi) is 3.75. The lowest BCUT2D eigenvalue weighted by atomic mass is 10.1. The normalized spacial score (nSPS) is 10.3. The van der Waals surface area contributed by atoms with Gasteiger partial charge in [-0.15, -0.1) is 10.2 Å². The monoisotopic (exact) mass is 309 g/mol.